The van der Waals surface area contributed by atoms with Gasteiger partial charge in [0.2, 0.25) is 10.0 Å². The molecule has 2 heterocycles. The number of nitrogens with one attached hydrogen (secondary N) is 1. The van der Waals surface area contributed by atoms with Crippen molar-refractivity contribution in [3.63, 3.8) is 0 Å². The Balaban J connectivity index is 1.43. The Labute approximate surface area is 152 Å². The van der Waals surface area contributed by atoms with Gasteiger partial charge in [-0.3, -0.25) is 0 Å². The molecule has 0 saturated carbocycles. The molecule has 1 aromatic heterocycles. The fraction of sp³-hybridized carbons (Fsp3) is 0.263. The number of ether oxygens (including phenoxy) is 1. The van der Waals surface area contributed by atoms with Gasteiger partial charge in [0.05, 0.1) is 4.90 Å². The van der Waals surface area contributed by atoms with Crippen molar-refractivity contribution in [3.05, 3.63) is 54.7 Å². The molecule has 26 heavy (non-hydrogen) atoms. The molecule has 4 rings (SSSR count). The lowest BCUT2D eigenvalue weighted by molar-refractivity contribution is 0.135. The van der Waals surface area contributed by atoms with Gasteiger partial charge in [-0.1, -0.05) is 6.07 Å². The predicted molar refractivity (Wildman–Crippen MR) is 98.8 cm³/mol. The van der Waals surface area contributed by atoms with E-state index in [1.165, 1.54) is 4.31 Å². The van der Waals surface area contributed by atoms with Crippen LogP contribution in [0.2, 0.25) is 0 Å². The van der Waals surface area contributed by atoms with Gasteiger partial charge in [0.1, 0.15) is 17.6 Å². The van der Waals surface area contributed by atoms with Crippen LogP contribution in [0.3, 0.4) is 0 Å². The first-order chi connectivity index (χ1) is 12.5. The van der Waals surface area contributed by atoms with Crippen LogP contribution in [0.5, 0.6) is 11.5 Å². The second-order valence-electron chi connectivity index (χ2n) is 6.44. The van der Waals surface area contributed by atoms with Crippen molar-refractivity contribution in [1.29, 1.82) is 0 Å². The van der Waals surface area contributed by atoms with Crippen molar-refractivity contribution in [2.24, 2.45) is 0 Å². The molecule has 7 heteroatoms. The molecule has 0 atom stereocenters. The molecule has 0 bridgehead atoms. The molecule has 136 valence electrons. The SMILES string of the molecule is O=S(=O)(c1ccc2cc[nH]c2c1)N1CCC(Oc2ccc(O)cc2)CC1. The van der Waals surface area contributed by atoms with Gasteiger partial charge in [-0.05, 0) is 60.7 Å². The maximum Gasteiger partial charge on any atom is 0.243 e. The molecule has 0 amide bonds. The van der Waals surface area contributed by atoms with Crippen LogP contribution < -0.4 is 4.74 Å². The number of hydrogen-bond donors (Lipinski definition) is 2. The second-order valence-corrected chi connectivity index (χ2v) is 8.38. The van der Waals surface area contributed by atoms with E-state index < -0.39 is 10.0 Å². The summed E-state index contributed by atoms with van der Waals surface area (Å²) in [5, 5.41) is 10.3. The predicted octanol–water partition coefficient (Wildman–Crippen LogP) is 3.11. The van der Waals surface area contributed by atoms with Crippen LogP contribution in [-0.4, -0.2) is 42.0 Å². The molecular weight excluding hydrogens is 352 g/mol. The van der Waals surface area contributed by atoms with Crippen LogP contribution in [0.25, 0.3) is 10.9 Å². The topological polar surface area (TPSA) is 82.6 Å². The zero-order valence-electron chi connectivity index (χ0n) is 14.1. The number of rotatable bonds is 4. The summed E-state index contributed by atoms with van der Waals surface area (Å²) < 4.78 is 33.2. The Morgan fingerprint density at radius 1 is 1.04 bits per heavy atom. The van der Waals surface area contributed by atoms with E-state index in [1.807, 2.05) is 12.1 Å². The lowest BCUT2D eigenvalue weighted by Gasteiger charge is -2.31. The first kappa shape index (κ1) is 16.9. The second kappa shape index (κ2) is 6.66. The average Bonchev–Trinajstić information content (AvgIpc) is 3.12. The first-order valence-electron chi connectivity index (χ1n) is 8.55. The molecule has 1 fully saturated rings. The number of aromatic nitrogens is 1. The molecule has 2 aromatic carbocycles. The van der Waals surface area contributed by atoms with E-state index in [0.717, 1.165) is 10.9 Å². The number of benzene rings is 2. The highest BCUT2D eigenvalue weighted by Gasteiger charge is 2.30. The molecule has 1 saturated heterocycles. The number of aromatic amines is 1. The van der Waals surface area contributed by atoms with E-state index in [0.29, 0.717) is 36.6 Å². The summed E-state index contributed by atoms with van der Waals surface area (Å²) in [6.07, 6.45) is 3.03. The van der Waals surface area contributed by atoms with Gasteiger partial charge in [0.15, 0.2) is 0 Å². The third-order valence-electron chi connectivity index (χ3n) is 4.70. The molecular formula is C19H20N2O4S. The first-order valence-corrected chi connectivity index (χ1v) is 9.99. The summed E-state index contributed by atoms with van der Waals surface area (Å²) in [7, 11) is -3.51. The van der Waals surface area contributed by atoms with Crippen LogP contribution in [0.4, 0.5) is 0 Å². The normalized spacial score (nSPS) is 16.8. The summed E-state index contributed by atoms with van der Waals surface area (Å²) in [6, 6.07) is 13.6. The van der Waals surface area contributed by atoms with Crippen molar-refractivity contribution < 1.29 is 18.3 Å². The quantitative estimate of drug-likeness (QED) is 0.737. The number of phenols is 1. The van der Waals surface area contributed by atoms with E-state index in [-0.39, 0.29) is 11.9 Å². The van der Waals surface area contributed by atoms with Crippen LogP contribution in [0.1, 0.15) is 12.8 Å². The lowest BCUT2D eigenvalue weighted by atomic mass is 10.1. The third kappa shape index (κ3) is 3.27. The van der Waals surface area contributed by atoms with Crippen molar-refractivity contribution >= 4 is 20.9 Å². The van der Waals surface area contributed by atoms with Crippen LogP contribution in [-0.2, 0) is 10.0 Å². The van der Waals surface area contributed by atoms with Gasteiger partial charge >= 0.3 is 0 Å². The van der Waals surface area contributed by atoms with Crippen LogP contribution in [0, 0.1) is 0 Å². The number of sulfonamides is 1. The maximum atomic E-state index is 12.9. The number of piperidine rings is 1. The number of fused-ring (bicyclic) bond motifs is 1. The maximum absolute atomic E-state index is 12.9. The Morgan fingerprint density at radius 3 is 2.50 bits per heavy atom. The summed E-state index contributed by atoms with van der Waals surface area (Å²) in [4.78, 5) is 3.36. The standard InChI is InChI=1S/C19H20N2O4S/c22-15-2-4-16(5-3-15)25-17-8-11-21(12-9-17)26(23,24)18-6-1-14-7-10-20-19(14)13-18/h1-7,10,13,17,20,22H,8-9,11-12H2. The van der Waals surface area contributed by atoms with E-state index in [4.69, 9.17) is 4.74 Å². The smallest absolute Gasteiger partial charge is 0.243 e. The minimum absolute atomic E-state index is 0.0307. The summed E-state index contributed by atoms with van der Waals surface area (Å²) in [5.41, 5.74) is 0.816. The fourth-order valence-corrected chi connectivity index (χ4v) is 4.74. The van der Waals surface area contributed by atoms with Crippen molar-refractivity contribution in [2.75, 3.05) is 13.1 Å². The van der Waals surface area contributed by atoms with E-state index in [2.05, 4.69) is 4.98 Å². The van der Waals surface area contributed by atoms with Crippen LogP contribution in [0.15, 0.2) is 59.6 Å². The van der Waals surface area contributed by atoms with Crippen molar-refractivity contribution in [3.8, 4) is 11.5 Å². The molecule has 1 aliphatic heterocycles. The van der Waals surface area contributed by atoms with Gasteiger partial charge in [-0.15, -0.1) is 0 Å². The summed E-state index contributed by atoms with van der Waals surface area (Å²) in [6.45, 7) is 0.849. The highest BCUT2D eigenvalue weighted by Crippen LogP contribution is 2.26. The highest BCUT2D eigenvalue weighted by molar-refractivity contribution is 7.89. The van der Waals surface area contributed by atoms with Gasteiger partial charge < -0.3 is 14.8 Å². The van der Waals surface area contributed by atoms with E-state index >= 15 is 0 Å². The molecule has 6 nitrogen and oxygen atoms in total. The fourth-order valence-electron chi connectivity index (χ4n) is 3.24. The Morgan fingerprint density at radius 2 is 1.77 bits per heavy atom. The van der Waals surface area contributed by atoms with Gasteiger partial charge in [-0.25, -0.2) is 8.42 Å². The summed E-state index contributed by atoms with van der Waals surface area (Å²) in [5.74, 6) is 0.874. The number of aromatic hydroxyl groups is 1. The number of phenolic OH excluding ortho intramolecular Hbond substituents is 1. The van der Waals surface area contributed by atoms with Gasteiger partial charge in [0, 0.05) is 24.8 Å². The monoisotopic (exact) mass is 372 g/mol. The Bertz CT molecular complexity index is 1000. The third-order valence-corrected chi connectivity index (χ3v) is 6.60. The number of hydrogen-bond acceptors (Lipinski definition) is 4. The molecule has 1 aliphatic rings. The number of nitrogens with zero attached hydrogens (tertiary/aromatic N) is 1. The molecule has 3 aromatic rings. The largest absolute Gasteiger partial charge is 0.508 e. The molecule has 2 N–H and O–H groups in total. The Kier molecular flexibility index (Phi) is 4.34. The van der Waals surface area contributed by atoms with Crippen molar-refractivity contribution in [1.82, 2.24) is 9.29 Å². The molecule has 0 radical (unpaired) electrons. The van der Waals surface area contributed by atoms with Gasteiger partial charge in [-0.2, -0.15) is 4.31 Å². The van der Waals surface area contributed by atoms with Gasteiger partial charge in [0.25, 0.3) is 0 Å². The van der Waals surface area contributed by atoms with E-state index in [1.54, 1.807) is 42.6 Å². The minimum Gasteiger partial charge on any atom is -0.508 e. The van der Waals surface area contributed by atoms with E-state index in [9.17, 15) is 13.5 Å². The molecule has 0 aliphatic carbocycles. The average molecular weight is 372 g/mol. The summed E-state index contributed by atoms with van der Waals surface area (Å²) >= 11 is 0. The lowest BCUT2D eigenvalue weighted by Crippen LogP contribution is -2.41. The minimum atomic E-state index is -3.51. The van der Waals surface area contributed by atoms with Crippen molar-refractivity contribution in [2.45, 2.75) is 23.8 Å². The zero-order chi connectivity index (χ0) is 18.1. The molecule has 0 unspecified atom stereocenters. The molecule has 0 spiro atoms. The van der Waals surface area contributed by atoms with Crippen LogP contribution >= 0.6 is 0 Å². The Hall–Kier alpha value is -2.51. The zero-order valence-corrected chi connectivity index (χ0v) is 14.9. The number of H-pyrrole nitrogens is 1. The highest BCUT2D eigenvalue weighted by atomic mass is 32.2.